The largest absolute Gasteiger partial charge is 0.487 e. The van der Waals surface area contributed by atoms with Crippen molar-refractivity contribution in [1.82, 2.24) is 0 Å². The first-order valence-electron chi connectivity index (χ1n) is 13.2. The predicted octanol–water partition coefficient (Wildman–Crippen LogP) is 7.92. The van der Waals surface area contributed by atoms with Crippen molar-refractivity contribution in [3.8, 4) is 0 Å². The molecule has 184 valence electrons. The summed E-state index contributed by atoms with van der Waals surface area (Å²) in [6.45, 7) is 17.0. The normalized spacial score (nSPS) is 28.1. The fraction of sp³-hybridized carbons (Fsp3) is 0.828. The van der Waals surface area contributed by atoms with Crippen molar-refractivity contribution in [2.45, 2.75) is 137 Å². The van der Waals surface area contributed by atoms with Crippen molar-refractivity contribution in [3.05, 3.63) is 22.5 Å². The van der Waals surface area contributed by atoms with Crippen molar-refractivity contribution in [2.75, 3.05) is 0 Å². The van der Waals surface area contributed by atoms with Gasteiger partial charge in [-0.1, -0.05) is 72.6 Å². The number of ether oxygens (including phenoxy) is 1. The number of rotatable bonds is 12. The molecule has 0 spiro atoms. The second-order valence-corrected chi connectivity index (χ2v) is 11.9. The maximum absolute atomic E-state index is 12.5. The number of aliphatic hydroxyl groups is 1. The van der Waals surface area contributed by atoms with Gasteiger partial charge in [-0.25, -0.2) is 0 Å². The summed E-state index contributed by atoms with van der Waals surface area (Å²) < 4.78 is 6.50. The molecular formula is C29H50O3. The highest BCUT2D eigenvalue weighted by Crippen LogP contribution is 2.45. The topological polar surface area (TPSA) is 46.5 Å². The zero-order valence-corrected chi connectivity index (χ0v) is 22.3. The molecule has 0 bridgehead atoms. The van der Waals surface area contributed by atoms with Gasteiger partial charge < -0.3 is 9.84 Å². The van der Waals surface area contributed by atoms with Crippen LogP contribution in [0.1, 0.15) is 126 Å². The van der Waals surface area contributed by atoms with Crippen LogP contribution in [0, 0.1) is 17.8 Å². The molecule has 2 aliphatic rings. The third-order valence-corrected chi connectivity index (χ3v) is 8.07. The van der Waals surface area contributed by atoms with Gasteiger partial charge in [0.1, 0.15) is 17.0 Å². The average molecular weight is 447 g/mol. The molecule has 0 saturated carbocycles. The van der Waals surface area contributed by atoms with Gasteiger partial charge in [0.25, 0.3) is 0 Å². The number of ketones is 1. The van der Waals surface area contributed by atoms with E-state index in [-0.39, 0.29) is 11.4 Å². The van der Waals surface area contributed by atoms with E-state index < -0.39 is 5.60 Å². The molecule has 0 fully saturated rings. The Bertz CT molecular complexity index is 712. The number of hydrogen-bond acceptors (Lipinski definition) is 3. The maximum Gasteiger partial charge on any atom is 0.194 e. The summed E-state index contributed by atoms with van der Waals surface area (Å²) in [5.41, 5.74) is 0.685. The zero-order valence-electron chi connectivity index (χ0n) is 22.3. The van der Waals surface area contributed by atoms with Crippen LogP contribution in [0.2, 0.25) is 0 Å². The summed E-state index contributed by atoms with van der Waals surface area (Å²) >= 11 is 0. The molecule has 2 rings (SSSR count). The highest BCUT2D eigenvalue weighted by Gasteiger charge is 2.46. The first-order valence-corrected chi connectivity index (χ1v) is 13.2. The van der Waals surface area contributed by atoms with Crippen LogP contribution in [0.5, 0.6) is 0 Å². The molecule has 0 aromatic carbocycles. The minimum atomic E-state index is -1.42. The van der Waals surface area contributed by atoms with Crippen LogP contribution in [0.15, 0.2) is 22.5 Å². The van der Waals surface area contributed by atoms with Crippen LogP contribution in [0.25, 0.3) is 0 Å². The number of hydrogen-bond donors (Lipinski definition) is 1. The SMILES string of the molecule is CC1=C(C)C2=C(CC[C@@](C)(CCC[C@H](C)CCC[C@H](C)CCCC(C)C)O2)[C@](C)(O)C1=O. The summed E-state index contributed by atoms with van der Waals surface area (Å²) in [4.78, 5) is 12.5. The molecule has 3 heteroatoms. The molecule has 0 saturated heterocycles. The Labute approximate surface area is 198 Å². The number of allylic oxidation sites excluding steroid dienone is 1. The number of carbonyl (C=O) groups is 1. The molecule has 3 nitrogen and oxygen atoms in total. The Hall–Kier alpha value is -1.09. The second kappa shape index (κ2) is 11.4. The van der Waals surface area contributed by atoms with Gasteiger partial charge in [0.15, 0.2) is 5.78 Å². The van der Waals surface area contributed by atoms with Crippen molar-refractivity contribution in [1.29, 1.82) is 0 Å². The van der Waals surface area contributed by atoms with Crippen LogP contribution >= 0.6 is 0 Å². The number of carbonyl (C=O) groups excluding carboxylic acids is 1. The fourth-order valence-electron chi connectivity index (χ4n) is 5.45. The molecule has 0 radical (unpaired) electrons. The van der Waals surface area contributed by atoms with Gasteiger partial charge >= 0.3 is 0 Å². The molecule has 0 aromatic heterocycles. The smallest absolute Gasteiger partial charge is 0.194 e. The summed E-state index contributed by atoms with van der Waals surface area (Å²) in [5, 5.41) is 10.8. The van der Waals surface area contributed by atoms with Gasteiger partial charge in [0, 0.05) is 11.1 Å². The fourth-order valence-corrected chi connectivity index (χ4v) is 5.45. The highest BCUT2D eigenvalue weighted by molar-refractivity contribution is 6.06. The standard InChI is InChI=1S/C29H50O3/c1-20(2)12-9-13-21(3)14-10-15-22(4)16-11-18-28(7)19-17-25-26(32-28)23(5)24(6)27(30)29(25,8)31/h20-22,31H,9-19H2,1-8H3/t21-,22-,28-,29+/m1/s1. The first-order chi connectivity index (χ1) is 14.9. The quantitative estimate of drug-likeness (QED) is 0.331. The Morgan fingerprint density at radius 1 is 0.875 bits per heavy atom. The summed E-state index contributed by atoms with van der Waals surface area (Å²) in [5.74, 6) is 3.05. The summed E-state index contributed by atoms with van der Waals surface area (Å²) in [6, 6.07) is 0. The van der Waals surface area contributed by atoms with E-state index in [2.05, 4.69) is 34.6 Å². The zero-order chi connectivity index (χ0) is 24.1. The Morgan fingerprint density at radius 2 is 1.41 bits per heavy atom. The molecule has 32 heavy (non-hydrogen) atoms. The maximum atomic E-state index is 12.5. The van der Waals surface area contributed by atoms with E-state index in [1.165, 1.54) is 51.4 Å². The first kappa shape index (κ1) is 27.2. The van der Waals surface area contributed by atoms with E-state index in [0.717, 1.165) is 53.9 Å². The van der Waals surface area contributed by atoms with E-state index in [1.807, 2.05) is 6.92 Å². The lowest BCUT2D eigenvalue weighted by atomic mass is 9.74. The highest BCUT2D eigenvalue weighted by atomic mass is 16.5. The van der Waals surface area contributed by atoms with Gasteiger partial charge in [-0.05, 0) is 76.7 Å². The molecular weight excluding hydrogens is 396 g/mol. The lowest BCUT2D eigenvalue weighted by Gasteiger charge is -2.43. The van der Waals surface area contributed by atoms with Crippen LogP contribution < -0.4 is 0 Å². The predicted molar refractivity (Wildman–Crippen MR) is 134 cm³/mol. The van der Waals surface area contributed by atoms with Gasteiger partial charge in [-0.2, -0.15) is 0 Å². The van der Waals surface area contributed by atoms with E-state index >= 15 is 0 Å². The van der Waals surface area contributed by atoms with E-state index in [1.54, 1.807) is 13.8 Å². The molecule has 1 aliphatic heterocycles. The van der Waals surface area contributed by atoms with Crippen LogP contribution in [-0.4, -0.2) is 22.1 Å². The van der Waals surface area contributed by atoms with Crippen molar-refractivity contribution >= 4 is 5.78 Å². The molecule has 1 N–H and O–H groups in total. The van der Waals surface area contributed by atoms with Gasteiger partial charge in [0.05, 0.1) is 0 Å². The molecule has 1 aliphatic carbocycles. The van der Waals surface area contributed by atoms with E-state index in [9.17, 15) is 9.90 Å². The van der Waals surface area contributed by atoms with Crippen LogP contribution in [-0.2, 0) is 9.53 Å². The molecule has 4 atom stereocenters. The van der Waals surface area contributed by atoms with Crippen LogP contribution in [0.3, 0.4) is 0 Å². The third-order valence-electron chi connectivity index (χ3n) is 8.07. The van der Waals surface area contributed by atoms with Crippen molar-refractivity contribution in [3.63, 3.8) is 0 Å². The summed E-state index contributed by atoms with van der Waals surface area (Å²) in [7, 11) is 0. The molecule has 0 aromatic rings. The number of Topliss-reactive ketones (excluding diaryl/α,β-unsaturated/α-hetero) is 1. The van der Waals surface area contributed by atoms with Crippen molar-refractivity contribution in [2.24, 2.45) is 17.8 Å². The Balaban J connectivity index is 1.76. The molecule has 0 amide bonds. The summed E-state index contributed by atoms with van der Waals surface area (Å²) in [6.07, 6.45) is 13.2. The Kier molecular flexibility index (Phi) is 9.64. The van der Waals surface area contributed by atoms with Crippen LogP contribution in [0.4, 0.5) is 0 Å². The minimum absolute atomic E-state index is 0.177. The monoisotopic (exact) mass is 446 g/mol. The van der Waals surface area contributed by atoms with Gasteiger partial charge in [-0.15, -0.1) is 0 Å². The Morgan fingerprint density at radius 3 is 1.97 bits per heavy atom. The minimum Gasteiger partial charge on any atom is -0.487 e. The second-order valence-electron chi connectivity index (χ2n) is 11.9. The third kappa shape index (κ3) is 6.95. The lowest BCUT2D eigenvalue weighted by molar-refractivity contribution is -0.130. The van der Waals surface area contributed by atoms with Crippen molar-refractivity contribution < 1.29 is 14.6 Å². The van der Waals surface area contributed by atoms with Gasteiger partial charge in [0.2, 0.25) is 0 Å². The molecule has 1 heterocycles. The van der Waals surface area contributed by atoms with E-state index in [0.29, 0.717) is 5.57 Å². The molecule has 0 unspecified atom stereocenters. The lowest BCUT2D eigenvalue weighted by Crippen LogP contribution is -2.46. The van der Waals surface area contributed by atoms with Gasteiger partial charge in [-0.3, -0.25) is 4.79 Å². The van der Waals surface area contributed by atoms with E-state index in [4.69, 9.17) is 4.74 Å². The average Bonchev–Trinajstić information content (AvgIpc) is 2.70.